The van der Waals surface area contributed by atoms with Crippen LogP contribution in [0.25, 0.3) is 5.57 Å². The number of likely N-dealkylation sites (tertiary alicyclic amines) is 1. The van der Waals surface area contributed by atoms with Crippen LogP contribution in [0.15, 0.2) is 63.2 Å². The predicted octanol–water partition coefficient (Wildman–Crippen LogP) is 4.50. The van der Waals surface area contributed by atoms with E-state index in [0.717, 1.165) is 57.9 Å². The van der Waals surface area contributed by atoms with Gasteiger partial charge in [0.2, 0.25) is 0 Å². The van der Waals surface area contributed by atoms with Crippen LogP contribution in [0.2, 0.25) is 0 Å². The van der Waals surface area contributed by atoms with Gasteiger partial charge in [-0.25, -0.2) is 0 Å². The third-order valence-corrected chi connectivity index (χ3v) is 4.93. The molecule has 1 aromatic carbocycles. The van der Waals surface area contributed by atoms with Gasteiger partial charge in [-0.2, -0.15) is 0 Å². The van der Waals surface area contributed by atoms with Crippen LogP contribution in [0.4, 0.5) is 0 Å². The Morgan fingerprint density at radius 3 is 2.31 bits per heavy atom. The van der Waals surface area contributed by atoms with Crippen LogP contribution < -0.4 is 0 Å². The van der Waals surface area contributed by atoms with Crippen molar-refractivity contribution >= 4 is 23.7 Å². The van der Waals surface area contributed by atoms with Gasteiger partial charge in [0.25, 0.3) is 0 Å². The molecule has 0 bridgehead atoms. The fourth-order valence-electron chi connectivity index (χ4n) is 3.57. The number of nitrogens with one attached hydrogen (secondary N) is 1. The van der Waals surface area contributed by atoms with E-state index in [2.05, 4.69) is 35.3 Å². The third kappa shape index (κ3) is 3.13. The van der Waals surface area contributed by atoms with Gasteiger partial charge in [-0.3, -0.25) is 14.9 Å². The SMILES string of the molecule is C=NC1=C(C(C(C)=N)=C(C)C)C(=C)c2ccccc2/C1=N/CN1CCC1. The van der Waals surface area contributed by atoms with Crippen LogP contribution in [-0.2, 0) is 0 Å². The summed E-state index contributed by atoms with van der Waals surface area (Å²) in [6.07, 6.45) is 1.24. The Morgan fingerprint density at radius 1 is 1.15 bits per heavy atom. The molecule has 134 valence electrons. The largest absolute Gasteiger partial charge is 0.305 e. The zero-order valence-corrected chi connectivity index (χ0v) is 15.9. The average molecular weight is 346 g/mol. The van der Waals surface area contributed by atoms with E-state index < -0.39 is 0 Å². The van der Waals surface area contributed by atoms with Crippen molar-refractivity contribution in [2.45, 2.75) is 27.2 Å². The van der Waals surface area contributed by atoms with E-state index in [0.29, 0.717) is 12.4 Å². The number of fused-ring (bicyclic) bond motifs is 1. The molecule has 3 rings (SSSR count). The number of allylic oxidation sites excluding steroid dienone is 5. The molecule has 0 radical (unpaired) electrons. The van der Waals surface area contributed by atoms with Crippen LogP contribution in [0.3, 0.4) is 0 Å². The molecule has 4 nitrogen and oxygen atoms in total. The van der Waals surface area contributed by atoms with Crippen LogP contribution >= 0.6 is 0 Å². The molecule has 2 aliphatic rings. The molecule has 4 heteroatoms. The second-order valence-electron chi connectivity index (χ2n) is 7.03. The average Bonchev–Trinajstić information content (AvgIpc) is 2.56. The van der Waals surface area contributed by atoms with Crippen LogP contribution in [0, 0.1) is 5.41 Å². The lowest BCUT2D eigenvalue weighted by Crippen LogP contribution is -2.37. The highest BCUT2D eigenvalue weighted by molar-refractivity contribution is 6.23. The Hall–Kier alpha value is -2.59. The number of hydrogen-bond acceptors (Lipinski definition) is 4. The summed E-state index contributed by atoms with van der Waals surface area (Å²) < 4.78 is 0. The lowest BCUT2D eigenvalue weighted by molar-refractivity contribution is 0.188. The smallest absolute Gasteiger partial charge is 0.0966 e. The maximum atomic E-state index is 8.29. The fourth-order valence-corrected chi connectivity index (χ4v) is 3.57. The molecule has 1 saturated heterocycles. The van der Waals surface area contributed by atoms with Crippen molar-refractivity contribution < 1.29 is 0 Å². The molecule has 1 aliphatic heterocycles. The van der Waals surface area contributed by atoms with Gasteiger partial charge in [-0.1, -0.05) is 36.4 Å². The molecule has 0 amide bonds. The molecule has 1 aromatic rings. The monoisotopic (exact) mass is 346 g/mol. The van der Waals surface area contributed by atoms with E-state index in [1.807, 2.05) is 26.0 Å². The molecule has 1 aliphatic carbocycles. The van der Waals surface area contributed by atoms with Crippen molar-refractivity contribution in [3.8, 4) is 0 Å². The van der Waals surface area contributed by atoms with Crippen molar-refractivity contribution in [3.63, 3.8) is 0 Å². The predicted molar refractivity (Wildman–Crippen MR) is 111 cm³/mol. The fraction of sp³-hybridized carbons (Fsp3) is 0.318. The quantitative estimate of drug-likeness (QED) is 0.784. The molecule has 26 heavy (non-hydrogen) atoms. The summed E-state index contributed by atoms with van der Waals surface area (Å²) >= 11 is 0. The maximum Gasteiger partial charge on any atom is 0.0966 e. The topological polar surface area (TPSA) is 51.8 Å². The molecular formula is C22H26N4. The zero-order valence-electron chi connectivity index (χ0n) is 15.9. The van der Waals surface area contributed by atoms with Crippen molar-refractivity contribution in [2.24, 2.45) is 9.98 Å². The van der Waals surface area contributed by atoms with Crippen molar-refractivity contribution in [1.82, 2.24) is 4.90 Å². The van der Waals surface area contributed by atoms with Gasteiger partial charge in [0, 0.05) is 35.5 Å². The van der Waals surface area contributed by atoms with E-state index in [1.54, 1.807) is 6.92 Å². The maximum absolute atomic E-state index is 8.29. The van der Waals surface area contributed by atoms with Crippen molar-refractivity contribution in [2.75, 3.05) is 19.8 Å². The first-order valence-electron chi connectivity index (χ1n) is 8.96. The Bertz CT molecular complexity index is 875. The van der Waals surface area contributed by atoms with Crippen molar-refractivity contribution in [3.05, 3.63) is 64.4 Å². The van der Waals surface area contributed by atoms with Gasteiger partial charge in [-0.05, 0) is 45.0 Å². The van der Waals surface area contributed by atoms with Crippen LogP contribution in [0.1, 0.15) is 38.3 Å². The van der Waals surface area contributed by atoms with Gasteiger partial charge in [-0.15, -0.1) is 0 Å². The second-order valence-corrected chi connectivity index (χ2v) is 7.03. The van der Waals surface area contributed by atoms with E-state index >= 15 is 0 Å². The summed E-state index contributed by atoms with van der Waals surface area (Å²) in [7, 11) is 0. The summed E-state index contributed by atoms with van der Waals surface area (Å²) in [5.74, 6) is 0. The Morgan fingerprint density at radius 2 is 1.81 bits per heavy atom. The summed E-state index contributed by atoms with van der Waals surface area (Å²) in [4.78, 5) is 11.6. The molecule has 0 aromatic heterocycles. The molecular weight excluding hydrogens is 320 g/mol. The van der Waals surface area contributed by atoms with E-state index in [4.69, 9.17) is 10.4 Å². The molecule has 0 atom stereocenters. The summed E-state index contributed by atoms with van der Waals surface area (Å²) in [6.45, 7) is 16.9. The van der Waals surface area contributed by atoms with E-state index in [-0.39, 0.29) is 0 Å². The summed E-state index contributed by atoms with van der Waals surface area (Å²) in [6, 6.07) is 8.16. The molecule has 0 spiro atoms. The number of nitrogens with zero attached hydrogens (tertiary/aromatic N) is 3. The standard InChI is InChI=1S/C22H26N4/c1-14(2)19(16(4)23)20-15(3)17-9-6-7-10-18(17)21(22(20)24-5)25-13-26-11-8-12-26/h6-7,9-10,23H,3,5,8,11-13H2,1-2,4H3/b23-16?,25-21-. The first-order chi connectivity index (χ1) is 12.5. The van der Waals surface area contributed by atoms with Gasteiger partial charge in [0.15, 0.2) is 0 Å². The third-order valence-electron chi connectivity index (χ3n) is 4.93. The molecule has 1 heterocycles. The molecule has 0 unspecified atom stereocenters. The highest BCUT2D eigenvalue weighted by Crippen LogP contribution is 2.40. The highest BCUT2D eigenvalue weighted by atomic mass is 15.2. The minimum atomic E-state index is 0.503. The number of rotatable bonds is 5. The minimum Gasteiger partial charge on any atom is -0.305 e. The van der Waals surface area contributed by atoms with Gasteiger partial charge < -0.3 is 5.41 Å². The van der Waals surface area contributed by atoms with Gasteiger partial charge in [0.1, 0.15) is 0 Å². The Labute approximate surface area is 155 Å². The van der Waals surface area contributed by atoms with E-state index in [9.17, 15) is 0 Å². The Kier molecular flexibility index (Phi) is 5.14. The highest BCUT2D eigenvalue weighted by Gasteiger charge is 2.29. The Balaban J connectivity index is 2.24. The second kappa shape index (κ2) is 7.34. The van der Waals surface area contributed by atoms with Crippen LogP contribution in [0.5, 0.6) is 0 Å². The summed E-state index contributed by atoms with van der Waals surface area (Å²) in [5.41, 5.74) is 7.89. The normalized spacial score (nSPS) is 18.4. The molecule has 1 fully saturated rings. The molecule has 1 N–H and O–H groups in total. The van der Waals surface area contributed by atoms with Crippen molar-refractivity contribution in [1.29, 1.82) is 5.41 Å². The van der Waals surface area contributed by atoms with Gasteiger partial charge >= 0.3 is 0 Å². The van der Waals surface area contributed by atoms with Gasteiger partial charge in [0.05, 0.1) is 18.1 Å². The first kappa shape index (κ1) is 18.2. The summed E-state index contributed by atoms with van der Waals surface area (Å²) in [5, 5.41) is 8.29. The van der Waals surface area contributed by atoms with E-state index in [1.165, 1.54) is 6.42 Å². The number of benzene rings is 1. The van der Waals surface area contributed by atoms with Crippen LogP contribution in [-0.4, -0.2) is 42.8 Å². The lowest BCUT2D eigenvalue weighted by Gasteiger charge is -2.30. The number of hydrogen-bond donors (Lipinski definition) is 1. The minimum absolute atomic E-state index is 0.503. The zero-order chi connectivity index (χ0) is 18.8. The lowest BCUT2D eigenvalue weighted by atomic mass is 9.79. The number of aliphatic imine (C=N–C) groups is 2. The first-order valence-corrected chi connectivity index (χ1v) is 8.96. The molecule has 0 saturated carbocycles.